The highest BCUT2D eigenvalue weighted by atomic mass is 79.9. The second-order valence-electron chi connectivity index (χ2n) is 4.29. The molecule has 1 aromatic carbocycles. The summed E-state index contributed by atoms with van der Waals surface area (Å²) in [5.41, 5.74) is 0.433. The van der Waals surface area contributed by atoms with Crippen molar-refractivity contribution in [1.82, 2.24) is 4.90 Å². The van der Waals surface area contributed by atoms with E-state index in [1.54, 1.807) is 4.90 Å². The van der Waals surface area contributed by atoms with E-state index < -0.39 is 0 Å². The molecule has 0 aliphatic heterocycles. The van der Waals surface area contributed by atoms with Crippen molar-refractivity contribution in [2.24, 2.45) is 0 Å². The second-order valence-corrected chi connectivity index (χ2v) is 5.15. The molecule has 1 aromatic rings. The fraction of sp³-hybridized carbons (Fsp3) is 0.462. The van der Waals surface area contributed by atoms with Crippen molar-refractivity contribution in [2.45, 2.75) is 26.3 Å². The monoisotopic (exact) mass is 317 g/mol. The molecule has 3 nitrogen and oxygen atoms in total. The molecule has 0 bridgehead atoms. The normalized spacial score (nSPS) is 10.8. The number of hydrogen-bond acceptors (Lipinski definition) is 2. The molecule has 0 aliphatic rings. The first-order valence-corrected chi connectivity index (χ1v) is 6.63. The summed E-state index contributed by atoms with van der Waals surface area (Å²) < 4.78 is 13.4. The maximum atomic E-state index is 13.0. The fourth-order valence-corrected chi connectivity index (χ4v) is 2.17. The van der Waals surface area contributed by atoms with Gasteiger partial charge in [0.1, 0.15) is 5.82 Å². The summed E-state index contributed by atoms with van der Waals surface area (Å²) in [6, 6.07) is 4.04. The van der Waals surface area contributed by atoms with Crippen molar-refractivity contribution in [1.29, 1.82) is 0 Å². The van der Waals surface area contributed by atoms with Crippen LogP contribution in [-0.4, -0.2) is 35.1 Å². The summed E-state index contributed by atoms with van der Waals surface area (Å²) in [4.78, 5) is 14.0. The maximum Gasteiger partial charge on any atom is 0.255 e. The molecule has 0 aliphatic carbocycles. The molecule has 100 valence electrons. The number of benzene rings is 1. The SMILES string of the molecule is CC(C)N(CCCO)C(=O)c1ccc(F)cc1Br. The zero-order valence-corrected chi connectivity index (χ0v) is 12.1. The Morgan fingerprint density at radius 1 is 1.50 bits per heavy atom. The zero-order valence-electron chi connectivity index (χ0n) is 10.5. The van der Waals surface area contributed by atoms with Gasteiger partial charge in [-0.3, -0.25) is 4.79 Å². The number of aliphatic hydroxyl groups excluding tert-OH is 1. The highest BCUT2D eigenvalue weighted by Gasteiger charge is 2.20. The highest BCUT2D eigenvalue weighted by Crippen LogP contribution is 2.20. The standard InChI is InChI=1S/C13H17BrFNO2/c1-9(2)16(6-3-7-17)13(18)11-5-4-10(15)8-12(11)14/h4-5,8-9,17H,3,6-7H2,1-2H3. The van der Waals surface area contributed by atoms with Gasteiger partial charge in [-0.15, -0.1) is 0 Å². The Balaban J connectivity index is 2.94. The Bertz CT molecular complexity index is 423. The Kier molecular flexibility index (Phi) is 5.75. The van der Waals surface area contributed by atoms with Crippen LogP contribution < -0.4 is 0 Å². The van der Waals surface area contributed by atoms with E-state index in [9.17, 15) is 9.18 Å². The van der Waals surface area contributed by atoms with Crippen molar-refractivity contribution in [3.63, 3.8) is 0 Å². The quantitative estimate of drug-likeness (QED) is 0.907. The van der Waals surface area contributed by atoms with Crippen LogP contribution in [0.5, 0.6) is 0 Å². The van der Waals surface area contributed by atoms with Gasteiger partial charge in [-0.2, -0.15) is 0 Å². The molecule has 0 aromatic heterocycles. The molecule has 0 unspecified atom stereocenters. The number of halogens is 2. The van der Waals surface area contributed by atoms with Crippen molar-refractivity contribution >= 4 is 21.8 Å². The number of carbonyl (C=O) groups excluding carboxylic acids is 1. The summed E-state index contributed by atoms with van der Waals surface area (Å²) in [6.45, 7) is 4.34. The van der Waals surface area contributed by atoms with Crippen LogP contribution in [0.25, 0.3) is 0 Å². The average Bonchev–Trinajstić information content (AvgIpc) is 2.28. The van der Waals surface area contributed by atoms with Crippen molar-refractivity contribution < 1.29 is 14.3 Å². The maximum absolute atomic E-state index is 13.0. The average molecular weight is 318 g/mol. The lowest BCUT2D eigenvalue weighted by atomic mass is 10.1. The molecular formula is C13H17BrFNO2. The van der Waals surface area contributed by atoms with E-state index in [1.165, 1.54) is 18.2 Å². The Hall–Kier alpha value is -0.940. The van der Waals surface area contributed by atoms with Crippen LogP contribution in [0.15, 0.2) is 22.7 Å². The minimum atomic E-state index is -0.384. The molecule has 18 heavy (non-hydrogen) atoms. The first-order valence-electron chi connectivity index (χ1n) is 5.84. The largest absolute Gasteiger partial charge is 0.396 e. The van der Waals surface area contributed by atoms with E-state index >= 15 is 0 Å². The summed E-state index contributed by atoms with van der Waals surface area (Å²) in [7, 11) is 0. The van der Waals surface area contributed by atoms with Gasteiger partial charge in [-0.05, 0) is 54.4 Å². The van der Waals surface area contributed by atoms with Crippen molar-refractivity contribution in [2.75, 3.05) is 13.2 Å². The molecule has 0 spiro atoms. The van der Waals surface area contributed by atoms with Gasteiger partial charge in [0.05, 0.1) is 5.56 Å². The third-order valence-corrected chi connectivity index (χ3v) is 3.26. The van der Waals surface area contributed by atoms with Gasteiger partial charge in [0.2, 0.25) is 0 Å². The molecule has 0 radical (unpaired) electrons. The molecule has 1 rings (SSSR count). The summed E-state index contributed by atoms with van der Waals surface area (Å²) >= 11 is 3.20. The van der Waals surface area contributed by atoms with Crippen molar-refractivity contribution in [3.05, 3.63) is 34.1 Å². The minimum absolute atomic E-state index is 0.0287. The topological polar surface area (TPSA) is 40.5 Å². The lowest BCUT2D eigenvalue weighted by Gasteiger charge is -2.27. The molecule has 0 atom stereocenters. The first kappa shape index (κ1) is 15.1. The van der Waals surface area contributed by atoms with Crippen LogP contribution in [0.2, 0.25) is 0 Å². The number of carbonyl (C=O) groups is 1. The fourth-order valence-electron chi connectivity index (χ4n) is 1.65. The van der Waals surface area contributed by atoms with Gasteiger partial charge >= 0.3 is 0 Å². The second kappa shape index (κ2) is 6.85. The predicted octanol–water partition coefficient (Wildman–Crippen LogP) is 2.82. The van der Waals surface area contributed by atoms with Gasteiger partial charge in [0.25, 0.3) is 5.91 Å². The third kappa shape index (κ3) is 3.78. The van der Waals surface area contributed by atoms with Gasteiger partial charge in [0, 0.05) is 23.7 Å². The molecule has 1 amide bonds. The Labute approximate surface area is 115 Å². The van der Waals surface area contributed by atoms with Crippen LogP contribution in [0.1, 0.15) is 30.6 Å². The molecule has 0 fully saturated rings. The summed E-state index contributed by atoms with van der Waals surface area (Å²) in [5.74, 6) is -0.546. The lowest BCUT2D eigenvalue weighted by Crippen LogP contribution is -2.38. The van der Waals surface area contributed by atoms with Gasteiger partial charge in [-0.25, -0.2) is 4.39 Å². The van der Waals surface area contributed by atoms with Crippen LogP contribution in [-0.2, 0) is 0 Å². The van der Waals surface area contributed by atoms with Gasteiger partial charge in [0.15, 0.2) is 0 Å². The van der Waals surface area contributed by atoms with Crippen LogP contribution in [0, 0.1) is 5.82 Å². The molecule has 0 saturated heterocycles. The highest BCUT2D eigenvalue weighted by molar-refractivity contribution is 9.10. The molecule has 0 heterocycles. The zero-order chi connectivity index (χ0) is 13.7. The first-order chi connectivity index (χ1) is 8.47. The minimum Gasteiger partial charge on any atom is -0.396 e. The summed E-state index contributed by atoms with van der Waals surface area (Å²) in [5, 5.41) is 8.84. The van der Waals surface area contributed by atoms with E-state index in [1.807, 2.05) is 13.8 Å². The molecule has 0 saturated carbocycles. The van der Waals surface area contributed by atoms with Crippen LogP contribution >= 0.6 is 15.9 Å². The van der Waals surface area contributed by atoms with Crippen molar-refractivity contribution in [3.8, 4) is 0 Å². The smallest absolute Gasteiger partial charge is 0.255 e. The number of hydrogen-bond donors (Lipinski definition) is 1. The van der Waals surface area contributed by atoms with E-state index in [-0.39, 0.29) is 24.4 Å². The molecule has 5 heteroatoms. The number of amides is 1. The number of nitrogens with zero attached hydrogens (tertiary/aromatic N) is 1. The van der Waals surface area contributed by atoms with E-state index in [4.69, 9.17) is 5.11 Å². The van der Waals surface area contributed by atoms with Gasteiger partial charge < -0.3 is 10.0 Å². The van der Waals surface area contributed by atoms with Crippen LogP contribution in [0.3, 0.4) is 0 Å². The number of aliphatic hydroxyl groups is 1. The number of rotatable bonds is 5. The van der Waals surface area contributed by atoms with Gasteiger partial charge in [-0.1, -0.05) is 0 Å². The molecule has 1 N–H and O–H groups in total. The molecular weight excluding hydrogens is 301 g/mol. The van der Waals surface area contributed by atoms with E-state index in [0.717, 1.165) is 0 Å². The third-order valence-electron chi connectivity index (χ3n) is 2.60. The summed E-state index contributed by atoms with van der Waals surface area (Å²) in [6.07, 6.45) is 0.530. The lowest BCUT2D eigenvalue weighted by molar-refractivity contribution is 0.0692. The van der Waals surface area contributed by atoms with Crippen LogP contribution in [0.4, 0.5) is 4.39 Å². The van der Waals surface area contributed by atoms with E-state index in [0.29, 0.717) is 23.0 Å². The Morgan fingerprint density at radius 3 is 2.67 bits per heavy atom. The predicted molar refractivity (Wildman–Crippen MR) is 72.0 cm³/mol. The Morgan fingerprint density at radius 2 is 2.17 bits per heavy atom. The van der Waals surface area contributed by atoms with E-state index in [2.05, 4.69) is 15.9 Å².